The van der Waals surface area contributed by atoms with E-state index in [2.05, 4.69) is 11.8 Å². The molecule has 4 heteroatoms. The van der Waals surface area contributed by atoms with E-state index in [9.17, 15) is 4.39 Å². The van der Waals surface area contributed by atoms with Gasteiger partial charge in [0.05, 0.1) is 0 Å². The second kappa shape index (κ2) is 7.12. The van der Waals surface area contributed by atoms with Crippen LogP contribution in [0.25, 0.3) is 0 Å². The molecule has 0 saturated heterocycles. The van der Waals surface area contributed by atoms with E-state index in [1.165, 1.54) is 12.1 Å². The third-order valence-corrected chi connectivity index (χ3v) is 3.13. The van der Waals surface area contributed by atoms with Gasteiger partial charge in [-0.3, -0.25) is 0 Å². The van der Waals surface area contributed by atoms with Gasteiger partial charge in [0.2, 0.25) is 0 Å². The number of ether oxygens (including phenoxy) is 1. The van der Waals surface area contributed by atoms with Gasteiger partial charge in [-0.15, -0.1) is 0 Å². The third-order valence-electron chi connectivity index (χ3n) is 2.89. The molecule has 0 unspecified atom stereocenters. The van der Waals surface area contributed by atoms with Crippen molar-refractivity contribution in [1.29, 1.82) is 0 Å². The molecule has 108 valence electrons. The molecule has 0 aromatic heterocycles. The monoisotopic (exact) mass is 304 g/mol. The first-order chi connectivity index (χ1) is 10.1. The summed E-state index contributed by atoms with van der Waals surface area (Å²) in [6.45, 7) is 1.89. The second-order valence-corrected chi connectivity index (χ2v) is 4.90. The summed E-state index contributed by atoms with van der Waals surface area (Å²) >= 11 is 5.89. The molecule has 0 amide bonds. The molecule has 0 atom stereocenters. The van der Waals surface area contributed by atoms with Gasteiger partial charge in [0.1, 0.15) is 24.8 Å². The van der Waals surface area contributed by atoms with Crippen LogP contribution in [0.4, 0.5) is 4.39 Å². The summed E-state index contributed by atoms with van der Waals surface area (Å²) in [4.78, 5) is 0. The first-order valence-corrected chi connectivity index (χ1v) is 6.75. The van der Waals surface area contributed by atoms with Crippen molar-refractivity contribution >= 4 is 11.6 Å². The molecule has 2 aromatic rings. The predicted octanol–water partition coefficient (Wildman–Crippen LogP) is 3.71. The minimum Gasteiger partial charge on any atom is -0.489 e. The summed E-state index contributed by atoms with van der Waals surface area (Å²) in [6, 6.07) is 9.67. The highest BCUT2D eigenvalue weighted by molar-refractivity contribution is 6.30. The Morgan fingerprint density at radius 2 is 2.05 bits per heavy atom. The van der Waals surface area contributed by atoms with E-state index >= 15 is 0 Å². The van der Waals surface area contributed by atoms with Crippen LogP contribution in [0.5, 0.6) is 5.75 Å². The van der Waals surface area contributed by atoms with Crippen LogP contribution in [0, 0.1) is 24.6 Å². The third kappa shape index (κ3) is 4.22. The summed E-state index contributed by atoms with van der Waals surface area (Å²) in [5.41, 5.74) is 2.19. The fraction of sp³-hybridized carbons (Fsp3) is 0.176. The van der Waals surface area contributed by atoms with E-state index in [-0.39, 0.29) is 19.0 Å². The average Bonchev–Trinajstić information content (AvgIpc) is 2.45. The molecule has 2 aromatic carbocycles. The van der Waals surface area contributed by atoms with Crippen LogP contribution in [-0.2, 0) is 6.61 Å². The number of aryl methyl sites for hydroxylation is 1. The van der Waals surface area contributed by atoms with Gasteiger partial charge in [-0.1, -0.05) is 29.5 Å². The van der Waals surface area contributed by atoms with Crippen molar-refractivity contribution in [2.45, 2.75) is 13.5 Å². The number of hydrogen-bond donors (Lipinski definition) is 1. The molecule has 0 aliphatic rings. The highest BCUT2D eigenvalue weighted by Gasteiger charge is 2.05. The maximum atomic E-state index is 13.3. The van der Waals surface area contributed by atoms with Crippen molar-refractivity contribution in [2.24, 2.45) is 0 Å². The van der Waals surface area contributed by atoms with Gasteiger partial charge in [-0.05, 0) is 42.8 Å². The average molecular weight is 305 g/mol. The zero-order valence-corrected chi connectivity index (χ0v) is 12.2. The van der Waals surface area contributed by atoms with Gasteiger partial charge in [0.25, 0.3) is 0 Å². The van der Waals surface area contributed by atoms with Crippen LogP contribution in [0.15, 0.2) is 36.4 Å². The van der Waals surface area contributed by atoms with E-state index in [1.54, 1.807) is 18.2 Å². The molecule has 0 aliphatic heterocycles. The summed E-state index contributed by atoms with van der Waals surface area (Å²) in [7, 11) is 0. The number of hydrogen-bond acceptors (Lipinski definition) is 2. The fourth-order valence-electron chi connectivity index (χ4n) is 1.86. The van der Waals surface area contributed by atoms with Gasteiger partial charge in [-0.25, -0.2) is 4.39 Å². The second-order valence-electron chi connectivity index (χ2n) is 4.46. The molecule has 0 radical (unpaired) electrons. The number of aliphatic hydroxyl groups excluding tert-OH is 1. The lowest BCUT2D eigenvalue weighted by Crippen LogP contribution is -2.00. The van der Waals surface area contributed by atoms with Crippen molar-refractivity contribution in [2.75, 3.05) is 6.61 Å². The number of rotatable bonds is 3. The molecule has 0 heterocycles. The Kier molecular flexibility index (Phi) is 5.21. The summed E-state index contributed by atoms with van der Waals surface area (Å²) < 4.78 is 19.0. The smallest absolute Gasteiger partial charge is 0.124 e. The molecule has 0 saturated carbocycles. The van der Waals surface area contributed by atoms with Crippen LogP contribution in [0.1, 0.15) is 16.7 Å². The Bertz CT molecular complexity index is 702. The maximum absolute atomic E-state index is 13.3. The Labute approximate surface area is 128 Å². The molecular weight excluding hydrogens is 291 g/mol. The highest BCUT2D eigenvalue weighted by atomic mass is 35.5. The van der Waals surface area contributed by atoms with Gasteiger partial charge < -0.3 is 9.84 Å². The largest absolute Gasteiger partial charge is 0.489 e. The zero-order chi connectivity index (χ0) is 15.2. The lowest BCUT2D eigenvalue weighted by atomic mass is 10.1. The molecular formula is C17H14ClFO2. The van der Waals surface area contributed by atoms with Crippen LogP contribution in [0.2, 0.25) is 5.02 Å². The van der Waals surface area contributed by atoms with Crippen LogP contribution < -0.4 is 4.74 Å². The molecule has 0 spiro atoms. The van der Waals surface area contributed by atoms with Crippen molar-refractivity contribution < 1.29 is 14.2 Å². The normalized spacial score (nSPS) is 9.90. The van der Waals surface area contributed by atoms with Crippen LogP contribution in [0.3, 0.4) is 0 Å². The molecule has 0 fully saturated rings. The minimum absolute atomic E-state index is 0.262. The van der Waals surface area contributed by atoms with Crippen molar-refractivity contribution in [3.63, 3.8) is 0 Å². The van der Waals surface area contributed by atoms with Gasteiger partial charge >= 0.3 is 0 Å². The summed E-state index contributed by atoms with van der Waals surface area (Å²) in [5, 5.41) is 9.40. The highest BCUT2D eigenvalue weighted by Crippen LogP contribution is 2.23. The lowest BCUT2D eigenvalue weighted by molar-refractivity contribution is 0.303. The molecule has 0 aliphatic carbocycles. The van der Waals surface area contributed by atoms with Crippen molar-refractivity contribution in [1.82, 2.24) is 0 Å². The van der Waals surface area contributed by atoms with E-state index in [4.69, 9.17) is 21.4 Å². The first-order valence-electron chi connectivity index (χ1n) is 6.37. The Morgan fingerprint density at radius 3 is 2.76 bits per heavy atom. The van der Waals surface area contributed by atoms with E-state index < -0.39 is 0 Å². The molecule has 2 nitrogen and oxygen atoms in total. The minimum atomic E-state index is -0.372. The predicted molar refractivity (Wildman–Crippen MR) is 80.9 cm³/mol. The Morgan fingerprint density at radius 1 is 1.24 bits per heavy atom. The standard InChI is InChI=1S/C17H14ClFO2/c1-12-9-15(18)5-7-17(12)21-11-14-4-6-16(19)10-13(14)3-2-8-20/h4-7,9-10,20H,8,11H2,1H3. The summed E-state index contributed by atoms with van der Waals surface area (Å²) in [5.74, 6) is 5.58. The number of aliphatic hydroxyl groups is 1. The van der Waals surface area contributed by atoms with Crippen LogP contribution >= 0.6 is 11.6 Å². The molecule has 2 rings (SSSR count). The number of halogens is 2. The molecule has 1 N–H and O–H groups in total. The van der Waals surface area contributed by atoms with E-state index in [0.717, 1.165) is 11.1 Å². The van der Waals surface area contributed by atoms with Gasteiger partial charge in [0, 0.05) is 16.1 Å². The van der Waals surface area contributed by atoms with Gasteiger partial charge in [0.15, 0.2) is 0 Å². The molecule has 0 bridgehead atoms. The maximum Gasteiger partial charge on any atom is 0.124 e. The Hall–Kier alpha value is -2.02. The molecule has 21 heavy (non-hydrogen) atoms. The zero-order valence-electron chi connectivity index (χ0n) is 11.5. The van der Waals surface area contributed by atoms with Crippen LogP contribution in [-0.4, -0.2) is 11.7 Å². The quantitative estimate of drug-likeness (QED) is 0.876. The van der Waals surface area contributed by atoms with E-state index in [1.807, 2.05) is 13.0 Å². The topological polar surface area (TPSA) is 29.5 Å². The Balaban J connectivity index is 2.19. The van der Waals surface area contributed by atoms with Crippen molar-refractivity contribution in [3.05, 3.63) is 63.9 Å². The summed E-state index contributed by atoms with van der Waals surface area (Å²) in [6.07, 6.45) is 0. The number of benzene rings is 2. The van der Waals surface area contributed by atoms with Crippen molar-refractivity contribution in [3.8, 4) is 17.6 Å². The lowest BCUT2D eigenvalue weighted by Gasteiger charge is -2.11. The van der Waals surface area contributed by atoms with Gasteiger partial charge in [-0.2, -0.15) is 0 Å². The SMILES string of the molecule is Cc1cc(Cl)ccc1OCc1ccc(F)cc1C#CCO. The van der Waals surface area contributed by atoms with E-state index in [0.29, 0.717) is 16.3 Å². The first kappa shape index (κ1) is 15.4. The fourth-order valence-corrected chi connectivity index (χ4v) is 2.08.